The van der Waals surface area contributed by atoms with Crippen LogP contribution in [0.25, 0.3) is 11.0 Å². The standard InChI is InChI=1S/C19H22N6O2/c1-24-12-20-16(10-18(24)26)19(27)21-13-5-6-14-15(9-13)23-17(22-14)11-25-7-3-2-4-8-25/h5-6,9-10,12H,2-4,7-8,11H2,1H3,(H,21,27)(H,22,23). The summed E-state index contributed by atoms with van der Waals surface area (Å²) in [6.45, 7) is 3.04. The number of rotatable bonds is 4. The third kappa shape index (κ3) is 3.90. The molecule has 140 valence electrons. The fourth-order valence-electron chi connectivity index (χ4n) is 3.33. The maximum atomic E-state index is 12.3. The molecule has 0 saturated carbocycles. The Morgan fingerprint density at radius 1 is 1.22 bits per heavy atom. The van der Waals surface area contributed by atoms with Gasteiger partial charge in [0.2, 0.25) is 0 Å². The Hall–Kier alpha value is -3.00. The highest BCUT2D eigenvalue weighted by molar-refractivity contribution is 6.03. The molecule has 1 aliphatic rings. The van der Waals surface area contributed by atoms with Crippen molar-refractivity contribution in [3.63, 3.8) is 0 Å². The van der Waals surface area contributed by atoms with Crippen molar-refractivity contribution in [2.75, 3.05) is 18.4 Å². The van der Waals surface area contributed by atoms with Crippen molar-refractivity contribution in [3.05, 3.63) is 52.5 Å². The van der Waals surface area contributed by atoms with E-state index in [1.165, 1.54) is 36.2 Å². The number of H-pyrrole nitrogens is 1. The molecule has 0 bridgehead atoms. The Morgan fingerprint density at radius 2 is 2.04 bits per heavy atom. The number of nitrogens with zero attached hydrogens (tertiary/aromatic N) is 4. The summed E-state index contributed by atoms with van der Waals surface area (Å²) in [5.41, 5.74) is 2.18. The summed E-state index contributed by atoms with van der Waals surface area (Å²) < 4.78 is 1.32. The summed E-state index contributed by atoms with van der Waals surface area (Å²) in [5.74, 6) is 0.517. The third-order valence-electron chi connectivity index (χ3n) is 4.82. The van der Waals surface area contributed by atoms with Crippen LogP contribution in [-0.4, -0.2) is 43.4 Å². The molecule has 2 N–H and O–H groups in total. The molecule has 0 unspecified atom stereocenters. The van der Waals surface area contributed by atoms with Gasteiger partial charge in [0.25, 0.3) is 11.5 Å². The number of hydrogen-bond acceptors (Lipinski definition) is 5. The first-order valence-electron chi connectivity index (χ1n) is 9.13. The summed E-state index contributed by atoms with van der Waals surface area (Å²) in [4.78, 5) is 38.4. The third-order valence-corrected chi connectivity index (χ3v) is 4.82. The van der Waals surface area contributed by atoms with Gasteiger partial charge < -0.3 is 14.9 Å². The number of likely N-dealkylation sites (tertiary alicyclic amines) is 1. The molecule has 8 heteroatoms. The fourth-order valence-corrected chi connectivity index (χ4v) is 3.33. The zero-order chi connectivity index (χ0) is 18.8. The van der Waals surface area contributed by atoms with Gasteiger partial charge in [0.1, 0.15) is 11.5 Å². The molecule has 1 saturated heterocycles. The number of aromatic amines is 1. The molecule has 2 aromatic heterocycles. The zero-order valence-corrected chi connectivity index (χ0v) is 15.2. The van der Waals surface area contributed by atoms with Crippen LogP contribution in [0.15, 0.2) is 35.4 Å². The van der Waals surface area contributed by atoms with E-state index in [1.807, 2.05) is 12.1 Å². The summed E-state index contributed by atoms with van der Waals surface area (Å²) >= 11 is 0. The molecule has 1 aliphatic heterocycles. The Balaban J connectivity index is 1.49. The van der Waals surface area contributed by atoms with Gasteiger partial charge in [-0.25, -0.2) is 9.97 Å². The molecule has 1 aromatic carbocycles. The SMILES string of the molecule is Cn1cnc(C(=O)Nc2ccc3nc(CN4CCCCC4)[nH]c3c2)cc1=O. The van der Waals surface area contributed by atoms with E-state index in [0.29, 0.717) is 5.69 Å². The Labute approximate surface area is 156 Å². The number of anilines is 1. The molecule has 4 rings (SSSR count). The van der Waals surface area contributed by atoms with Crippen LogP contribution in [0.4, 0.5) is 5.69 Å². The molecule has 0 aliphatic carbocycles. The number of piperidine rings is 1. The normalized spacial score (nSPS) is 15.1. The Kier molecular flexibility index (Phi) is 4.72. The van der Waals surface area contributed by atoms with Gasteiger partial charge in [-0.05, 0) is 44.1 Å². The molecule has 3 aromatic rings. The largest absolute Gasteiger partial charge is 0.341 e. The number of carbonyl (C=O) groups excluding carboxylic acids is 1. The number of aromatic nitrogens is 4. The smallest absolute Gasteiger partial charge is 0.274 e. The minimum absolute atomic E-state index is 0.0913. The van der Waals surface area contributed by atoms with Crippen LogP contribution in [-0.2, 0) is 13.6 Å². The van der Waals surface area contributed by atoms with E-state index >= 15 is 0 Å². The topological polar surface area (TPSA) is 95.9 Å². The minimum atomic E-state index is -0.417. The van der Waals surface area contributed by atoms with Crippen molar-refractivity contribution in [1.82, 2.24) is 24.4 Å². The van der Waals surface area contributed by atoms with Crippen LogP contribution in [0, 0.1) is 0 Å². The van der Waals surface area contributed by atoms with Crippen molar-refractivity contribution < 1.29 is 4.79 Å². The average molecular weight is 366 g/mol. The van der Waals surface area contributed by atoms with E-state index in [2.05, 4.69) is 25.2 Å². The van der Waals surface area contributed by atoms with Crippen molar-refractivity contribution in [2.45, 2.75) is 25.8 Å². The molecule has 3 heterocycles. The lowest BCUT2D eigenvalue weighted by atomic mass is 10.1. The van der Waals surface area contributed by atoms with Crippen LogP contribution in [0.5, 0.6) is 0 Å². The maximum absolute atomic E-state index is 12.3. The number of imidazole rings is 1. The van der Waals surface area contributed by atoms with Gasteiger partial charge in [-0.15, -0.1) is 0 Å². The first-order chi connectivity index (χ1) is 13.1. The molecule has 0 spiro atoms. The van der Waals surface area contributed by atoms with Crippen LogP contribution >= 0.6 is 0 Å². The number of carbonyl (C=O) groups is 1. The molecular formula is C19H22N6O2. The maximum Gasteiger partial charge on any atom is 0.274 e. The molecule has 1 fully saturated rings. The van der Waals surface area contributed by atoms with E-state index in [0.717, 1.165) is 36.5 Å². The number of fused-ring (bicyclic) bond motifs is 1. The van der Waals surface area contributed by atoms with E-state index in [1.54, 1.807) is 13.1 Å². The molecule has 8 nitrogen and oxygen atoms in total. The lowest BCUT2D eigenvalue weighted by Gasteiger charge is -2.25. The van der Waals surface area contributed by atoms with Crippen molar-refractivity contribution in [1.29, 1.82) is 0 Å². The van der Waals surface area contributed by atoms with Gasteiger partial charge in [0.05, 0.1) is 23.9 Å². The number of aryl methyl sites for hydroxylation is 1. The van der Waals surface area contributed by atoms with Crippen LogP contribution in [0.2, 0.25) is 0 Å². The summed E-state index contributed by atoms with van der Waals surface area (Å²) in [6.07, 6.45) is 5.13. The van der Waals surface area contributed by atoms with Crippen LogP contribution < -0.4 is 10.9 Å². The van der Waals surface area contributed by atoms with Gasteiger partial charge in [-0.1, -0.05) is 6.42 Å². The van der Waals surface area contributed by atoms with Crippen LogP contribution in [0.1, 0.15) is 35.6 Å². The van der Waals surface area contributed by atoms with Gasteiger partial charge in [-0.3, -0.25) is 14.5 Å². The highest BCUT2D eigenvalue weighted by Crippen LogP contribution is 2.19. The van der Waals surface area contributed by atoms with Crippen LogP contribution in [0.3, 0.4) is 0 Å². The first kappa shape index (κ1) is 17.4. The number of hydrogen-bond donors (Lipinski definition) is 2. The summed E-state index contributed by atoms with van der Waals surface area (Å²) in [7, 11) is 1.59. The highest BCUT2D eigenvalue weighted by atomic mass is 16.2. The first-order valence-corrected chi connectivity index (χ1v) is 9.13. The molecular weight excluding hydrogens is 344 g/mol. The van der Waals surface area contributed by atoms with E-state index < -0.39 is 5.91 Å². The monoisotopic (exact) mass is 366 g/mol. The average Bonchev–Trinajstić information content (AvgIpc) is 3.06. The lowest BCUT2D eigenvalue weighted by molar-refractivity contribution is 0.102. The summed E-state index contributed by atoms with van der Waals surface area (Å²) in [5, 5.41) is 2.78. The number of nitrogens with one attached hydrogen (secondary N) is 2. The highest BCUT2D eigenvalue weighted by Gasteiger charge is 2.14. The van der Waals surface area contributed by atoms with E-state index in [4.69, 9.17) is 0 Å². The second-order valence-corrected chi connectivity index (χ2v) is 6.93. The van der Waals surface area contributed by atoms with E-state index in [9.17, 15) is 9.59 Å². The molecule has 0 radical (unpaired) electrons. The Morgan fingerprint density at radius 3 is 2.81 bits per heavy atom. The van der Waals surface area contributed by atoms with Gasteiger partial charge in [0.15, 0.2) is 0 Å². The number of amides is 1. The second kappa shape index (κ2) is 7.32. The predicted octanol–water partition coefficient (Wildman–Crippen LogP) is 1.89. The second-order valence-electron chi connectivity index (χ2n) is 6.93. The Bertz CT molecular complexity index is 1030. The number of benzene rings is 1. The minimum Gasteiger partial charge on any atom is -0.341 e. The molecule has 0 atom stereocenters. The van der Waals surface area contributed by atoms with Crippen molar-refractivity contribution in [3.8, 4) is 0 Å². The predicted molar refractivity (Wildman–Crippen MR) is 103 cm³/mol. The van der Waals surface area contributed by atoms with Crippen molar-refractivity contribution >= 4 is 22.6 Å². The van der Waals surface area contributed by atoms with Crippen molar-refractivity contribution in [2.24, 2.45) is 7.05 Å². The quantitative estimate of drug-likeness (QED) is 0.735. The zero-order valence-electron chi connectivity index (χ0n) is 15.2. The van der Waals surface area contributed by atoms with Gasteiger partial charge >= 0.3 is 0 Å². The van der Waals surface area contributed by atoms with Gasteiger partial charge in [-0.2, -0.15) is 0 Å². The fraction of sp³-hybridized carbons (Fsp3) is 0.368. The molecule has 27 heavy (non-hydrogen) atoms. The molecule has 1 amide bonds. The lowest BCUT2D eigenvalue weighted by Crippen LogP contribution is -2.29. The summed E-state index contributed by atoms with van der Waals surface area (Å²) in [6, 6.07) is 6.74. The van der Waals surface area contributed by atoms with E-state index in [-0.39, 0.29) is 11.3 Å². The van der Waals surface area contributed by atoms with Gasteiger partial charge in [0, 0.05) is 18.8 Å².